The Morgan fingerprint density at radius 3 is 2.46 bits per heavy atom. The fourth-order valence-corrected chi connectivity index (χ4v) is 10.9. The van der Waals surface area contributed by atoms with Crippen LogP contribution in [-0.4, -0.2) is 32.2 Å². The van der Waals surface area contributed by atoms with Gasteiger partial charge < -0.3 is 15.3 Å². The molecule has 0 spiro atoms. The predicted octanol–water partition coefficient (Wildman–Crippen LogP) is 8.33. The third-order valence-electron chi connectivity index (χ3n) is 12.8. The first-order valence-corrected chi connectivity index (χ1v) is 18.8. The highest BCUT2D eigenvalue weighted by molar-refractivity contribution is 6.74. The van der Waals surface area contributed by atoms with Crippen LogP contribution in [0.2, 0.25) is 18.1 Å². The van der Waals surface area contributed by atoms with Crippen LogP contribution in [0.25, 0.3) is 0 Å². The normalized spacial score (nSPS) is 41.9. The number of aliphatic hydroxyl groups excluding tert-OH is 1. The lowest BCUT2D eigenvalue weighted by Crippen LogP contribution is -2.52. The van der Waals surface area contributed by atoms with Crippen molar-refractivity contribution in [3.63, 3.8) is 0 Å². The lowest BCUT2D eigenvalue weighted by Gasteiger charge is -2.58. The van der Waals surface area contributed by atoms with E-state index < -0.39 is 8.32 Å². The lowest BCUT2D eigenvalue weighted by molar-refractivity contribution is -0.0613. The molecule has 214 valence electrons. The van der Waals surface area contributed by atoms with Gasteiger partial charge in [0, 0.05) is 6.10 Å². The molecule has 3 N–H and O–H groups in total. The first-order valence-electron chi connectivity index (χ1n) is 15.9. The van der Waals surface area contributed by atoms with E-state index in [4.69, 9.17) is 10.2 Å². The Balaban J connectivity index is 1.47. The number of allylic oxidation sites excluding steroid dienone is 1. The van der Waals surface area contributed by atoms with Gasteiger partial charge in [-0.3, -0.25) is 0 Å². The third kappa shape index (κ3) is 5.44. The van der Waals surface area contributed by atoms with Crippen molar-refractivity contribution in [2.24, 2.45) is 52.1 Å². The van der Waals surface area contributed by atoms with Gasteiger partial charge in [-0.2, -0.15) is 0 Å². The molecule has 0 aromatic heterocycles. The van der Waals surface area contributed by atoms with Gasteiger partial charge in [-0.25, -0.2) is 0 Å². The van der Waals surface area contributed by atoms with Crippen LogP contribution in [0.15, 0.2) is 11.6 Å². The maximum Gasteiger partial charge on any atom is 0.192 e. The second-order valence-corrected chi connectivity index (χ2v) is 20.9. The topological polar surface area (TPSA) is 55.5 Å². The number of hydrogen-bond donors (Lipinski definition) is 2. The SMILES string of the molecule is C[C@@H](CN)CCC[C@@H](C)[C@H]1[C@@H](O)C[C@H]2[C@@H]3CC=C4C[C@@H](O[Si](C)(C)C(C)(C)C)CC[C@]4(C)[C@H]3CC[C@]12C. The molecule has 0 heterocycles. The molecule has 4 aliphatic rings. The van der Waals surface area contributed by atoms with Crippen LogP contribution >= 0.6 is 0 Å². The zero-order valence-electron chi connectivity index (χ0n) is 25.9. The van der Waals surface area contributed by atoms with Crippen molar-refractivity contribution in [2.45, 2.75) is 143 Å². The van der Waals surface area contributed by atoms with Crippen molar-refractivity contribution in [2.75, 3.05) is 6.54 Å². The summed E-state index contributed by atoms with van der Waals surface area (Å²) in [5.74, 6) is 3.87. The first-order chi connectivity index (χ1) is 17.1. The summed E-state index contributed by atoms with van der Waals surface area (Å²) in [7, 11) is -1.74. The highest BCUT2D eigenvalue weighted by Crippen LogP contribution is 2.67. The van der Waals surface area contributed by atoms with Gasteiger partial charge in [-0.15, -0.1) is 0 Å². The molecule has 0 radical (unpaired) electrons. The second kappa shape index (κ2) is 10.7. The van der Waals surface area contributed by atoms with Crippen LogP contribution in [0.1, 0.15) is 113 Å². The van der Waals surface area contributed by atoms with Crippen molar-refractivity contribution >= 4 is 8.32 Å². The number of fused-ring (bicyclic) bond motifs is 5. The molecule has 10 atom stereocenters. The summed E-state index contributed by atoms with van der Waals surface area (Å²) >= 11 is 0. The van der Waals surface area contributed by atoms with E-state index in [0.717, 1.165) is 31.2 Å². The minimum atomic E-state index is -1.74. The Bertz CT molecular complexity index is 833. The smallest absolute Gasteiger partial charge is 0.192 e. The van der Waals surface area contributed by atoms with Crippen molar-refractivity contribution in [3.8, 4) is 0 Å². The number of rotatable bonds is 8. The summed E-state index contributed by atoms with van der Waals surface area (Å²) in [5, 5.41) is 11.7. The third-order valence-corrected chi connectivity index (χ3v) is 17.3. The fourth-order valence-electron chi connectivity index (χ4n) is 9.49. The van der Waals surface area contributed by atoms with Crippen molar-refractivity contribution in [1.82, 2.24) is 0 Å². The van der Waals surface area contributed by atoms with Gasteiger partial charge in [0.05, 0.1) is 6.10 Å². The van der Waals surface area contributed by atoms with Gasteiger partial charge in [0.25, 0.3) is 0 Å². The highest BCUT2D eigenvalue weighted by atomic mass is 28.4. The molecule has 0 amide bonds. The minimum absolute atomic E-state index is 0.123. The van der Waals surface area contributed by atoms with Crippen molar-refractivity contribution < 1.29 is 9.53 Å². The van der Waals surface area contributed by atoms with E-state index in [0.29, 0.717) is 40.6 Å². The minimum Gasteiger partial charge on any atom is -0.414 e. The summed E-state index contributed by atoms with van der Waals surface area (Å²) in [6.45, 7) is 22.6. The summed E-state index contributed by atoms with van der Waals surface area (Å²) in [4.78, 5) is 0. The molecule has 0 aliphatic heterocycles. The van der Waals surface area contributed by atoms with E-state index in [1.807, 2.05) is 0 Å². The summed E-state index contributed by atoms with van der Waals surface area (Å²) in [6.07, 6.45) is 15.2. The maximum absolute atomic E-state index is 11.5. The Hall–Kier alpha value is -0.163. The predicted molar refractivity (Wildman–Crippen MR) is 160 cm³/mol. The van der Waals surface area contributed by atoms with E-state index in [1.54, 1.807) is 5.57 Å². The molecule has 4 aliphatic carbocycles. The molecule has 4 rings (SSSR count). The molecule has 3 saturated carbocycles. The average Bonchev–Trinajstić information content (AvgIpc) is 3.08. The summed E-state index contributed by atoms with van der Waals surface area (Å²) < 4.78 is 6.93. The van der Waals surface area contributed by atoms with E-state index in [1.165, 1.54) is 51.4 Å². The van der Waals surface area contributed by atoms with Gasteiger partial charge in [-0.05, 0) is 122 Å². The summed E-state index contributed by atoms with van der Waals surface area (Å²) in [6, 6.07) is 0. The second-order valence-electron chi connectivity index (χ2n) is 16.1. The number of nitrogens with two attached hydrogens (primary N) is 1. The molecule has 0 unspecified atom stereocenters. The standard InChI is InChI=1S/C33H61NO2Si/c1-22(21-34)11-10-12-23(2)30-29(35)20-28-26-14-13-24-19-25(36-37(8,9)31(3,4)5)15-17-32(24,6)27(26)16-18-33(28,30)7/h13,22-23,25-30,35H,10-12,14-21,34H2,1-9H3/t22-,23-,25+,26-,27+,28+,29+,30+,32+,33+/m1/s1. The van der Waals surface area contributed by atoms with E-state index in [-0.39, 0.29) is 11.1 Å². The van der Waals surface area contributed by atoms with Crippen LogP contribution in [-0.2, 0) is 4.43 Å². The molecule has 0 aromatic rings. The molecule has 3 nitrogen and oxygen atoms in total. The quantitative estimate of drug-likeness (QED) is 0.244. The van der Waals surface area contributed by atoms with E-state index in [2.05, 4.69) is 67.6 Å². The zero-order valence-corrected chi connectivity index (χ0v) is 26.9. The number of hydrogen-bond acceptors (Lipinski definition) is 3. The molecule has 4 heteroatoms. The van der Waals surface area contributed by atoms with Crippen LogP contribution in [0, 0.1) is 46.3 Å². The van der Waals surface area contributed by atoms with E-state index >= 15 is 0 Å². The zero-order chi connectivity index (χ0) is 27.4. The molecule has 3 fully saturated rings. The molecule has 0 aromatic carbocycles. The molecule has 0 bridgehead atoms. The van der Waals surface area contributed by atoms with Crippen LogP contribution in [0.5, 0.6) is 0 Å². The number of aliphatic hydroxyl groups is 1. The highest BCUT2D eigenvalue weighted by Gasteiger charge is 2.61. The van der Waals surface area contributed by atoms with Crippen molar-refractivity contribution in [3.05, 3.63) is 11.6 Å². The Labute approximate surface area is 230 Å². The Morgan fingerprint density at radius 2 is 1.81 bits per heavy atom. The fraction of sp³-hybridized carbons (Fsp3) is 0.939. The maximum atomic E-state index is 11.5. The monoisotopic (exact) mass is 531 g/mol. The van der Waals surface area contributed by atoms with Gasteiger partial charge in [0.15, 0.2) is 8.32 Å². The molecule has 37 heavy (non-hydrogen) atoms. The Morgan fingerprint density at radius 1 is 1.11 bits per heavy atom. The van der Waals surface area contributed by atoms with E-state index in [9.17, 15) is 5.11 Å². The van der Waals surface area contributed by atoms with Gasteiger partial charge in [0.2, 0.25) is 0 Å². The van der Waals surface area contributed by atoms with Gasteiger partial charge in [-0.1, -0.05) is 73.0 Å². The van der Waals surface area contributed by atoms with Gasteiger partial charge >= 0.3 is 0 Å². The summed E-state index contributed by atoms with van der Waals surface area (Å²) in [5.41, 5.74) is 8.21. The first kappa shape index (κ1) is 29.8. The van der Waals surface area contributed by atoms with Crippen LogP contribution < -0.4 is 5.73 Å². The van der Waals surface area contributed by atoms with Crippen molar-refractivity contribution in [1.29, 1.82) is 0 Å². The Kier molecular flexibility index (Phi) is 8.60. The average molecular weight is 532 g/mol. The lowest BCUT2D eigenvalue weighted by atomic mass is 9.47. The van der Waals surface area contributed by atoms with Crippen LogP contribution in [0.4, 0.5) is 0 Å². The molecular formula is C33H61NO2Si. The largest absolute Gasteiger partial charge is 0.414 e. The molecular weight excluding hydrogens is 470 g/mol. The van der Waals surface area contributed by atoms with Gasteiger partial charge in [0.1, 0.15) is 0 Å². The molecule has 0 saturated heterocycles. The van der Waals surface area contributed by atoms with Crippen LogP contribution in [0.3, 0.4) is 0 Å².